The molecule has 0 heterocycles. The number of rotatable bonds is 3. The lowest BCUT2D eigenvalue weighted by Gasteiger charge is -2.01. The Labute approximate surface area is 72.1 Å². The van der Waals surface area contributed by atoms with E-state index in [0.717, 1.165) is 13.0 Å². The van der Waals surface area contributed by atoms with Gasteiger partial charge in [-0.15, -0.1) is 5.92 Å². The van der Waals surface area contributed by atoms with Gasteiger partial charge in [-0.1, -0.05) is 19.8 Å². The van der Waals surface area contributed by atoms with Crippen molar-refractivity contribution in [2.24, 2.45) is 5.92 Å². The second-order valence-corrected chi connectivity index (χ2v) is 3.49. The molecule has 0 fully saturated rings. The standard InChI is InChI=1S/C10H19N.H2/c1-9(2)7-5-6-8-11-10(3)4;/h9-11H,7-8H2,1-4H3;1H. The molecular weight excluding hydrogens is 134 g/mol. The maximum absolute atomic E-state index is 3.25. The van der Waals surface area contributed by atoms with E-state index in [2.05, 4.69) is 44.9 Å². The largest absolute Gasteiger partial charge is 0.304 e. The van der Waals surface area contributed by atoms with Crippen molar-refractivity contribution in [3.63, 3.8) is 0 Å². The Hall–Kier alpha value is -0.480. The summed E-state index contributed by atoms with van der Waals surface area (Å²) in [5.41, 5.74) is 0. The smallest absolute Gasteiger partial charge is 0.0578 e. The molecule has 1 N–H and O–H groups in total. The van der Waals surface area contributed by atoms with Gasteiger partial charge in [-0.05, 0) is 19.8 Å². The molecule has 0 aromatic carbocycles. The zero-order chi connectivity index (χ0) is 8.69. The van der Waals surface area contributed by atoms with E-state index in [1.165, 1.54) is 0 Å². The highest BCUT2D eigenvalue weighted by atomic mass is 14.9. The molecule has 0 saturated carbocycles. The third-order valence-electron chi connectivity index (χ3n) is 1.23. The lowest BCUT2D eigenvalue weighted by atomic mass is 10.1. The zero-order valence-corrected chi connectivity index (χ0v) is 8.07. The summed E-state index contributed by atoms with van der Waals surface area (Å²) in [7, 11) is 0. The summed E-state index contributed by atoms with van der Waals surface area (Å²) >= 11 is 0. The van der Waals surface area contributed by atoms with Gasteiger partial charge in [0, 0.05) is 13.9 Å². The number of hydrogen-bond acceptors (Lipinski definition) is 1. The minimum Gasteiger partial charge on any atom is -0.304 e. The molecule has 66 valence electrons. The number of nitrogens with one attached hydrogen (secondary N) is 1. The van der Waals surface area contributed by atoms with Gasteiger partial charge in [0.15, 0.2) is 0 Å². The van der Waals surface area contributed by atoms with Gasteiger partial charge < -0.3 is 5.32 Å². The third kappa shape index (κ3) is 9.52. The molecule has 11 heavy (non-hydrogen) atoms. The average molecular weight is 155 g/mol. The first-order valence-electron chi connectivity index (χ1n) is 4.32. The van der Waals surface area contributed by atoms with Crippen LogP contribution in [0.5, 0.6) is 0 Å². The van der Waals surface area contributed by atoms with Gasteiger partial charge in [0.05, 0.1) is 6.54 Å². The van der Waals surface area contributed by atoms with Crippen LogP contribution >= 0.6 is 0 Å². The highest BCUT2D eigenvalue weighted by Crippen LogP contribution is 1.95. The minimum atomic E-state index is 0. The van der Waals surface area contributed by atoms with Crippen molar-refractivity contribution < 1.29 is 1.43 Å². The lowest BCUT2D eigenvalue weighted by Crippen LogP contribution is -2.22. The molecule has 0 atom stereocenters. The molecule has 0 aromatic rings. The van der Waals surface area contributed by atoms with Gasteiger partial charge in [0.1, 0.15) is 0 Å². The molecule has 0 amide bonds. The fraction of sp³-hybridized carbons (Fsp3) is 0.800. The summed E-state index contributed by atoms with van der Waals surface area (Å²) < 4.78 is 0. The highest BCUT2D eigenvalue weighted by Gasteiger charge is 1.87. The Morgan fingerprint density at radius 1 is 1.18 bits per heavy atom. The molecule has 0 spiro atoms. The van der Waals surface area contributed by atoms with E-state index >= 15 is 0 Å². The Morgan fingerprint density at radius 3 is 2.27 bits per heavy atom. The van der Waals surface area contributed by atoms with Crippen LogP contribution in [0.1, 0.15) is 35.5 Å². The van der Waals surface area contributed by atoms with E-state index < -0.39 is 0 Å². The van der Waals surface area contributed by atoms with Gasteiger partial charge in [-0.25, -0.2) is 0 Å². The first-order valence-corrected chi connectivity index (χ1v) is 4.32. The highest BCUT2D eigenvalue weighted by molar-refractivity contribution is 5.01. The summed E-state index contributed by atoms with van der Waals surface area (Å²) in [6.45, 7) is 9.45. The van der Waals surface area contributed by atoms with Crippen LogP contribution < -0.4 is 5.32 Å². The summed E-state index contributed by atoms with van der Waals surface area (Å²) in [5, 5.41) is 3.25. The summed E-state index contributed by atoms with van der Waals surface area (Å²) in [6, 6.07) is 0.545. The van der Waals surface area contributed by atoms with Crippen LogP contribution in [0.15, 0.2) is 0 Å². The van der Waals surface area contributed by atoms with E-state index in [4.69, 9.17) is 0 Å². The summed E-state index contributed by atoms with van der Waals surface area (Å²) in [4.78, 5) is 0. The van der Waals surface area contributed by atoms with Crippen LogP contribution in [0.4, 0.5) is 0 Å². The second-order valence-electron chi connectivity index (χ2n) is 3.49. The molecule has 0 unspecified atom stereocenters. The molecule has 0 radical (unpaired) electrons. The Balaban J connectivity index is 0. The van der Waals surface area contributed by atoms with E-state index in [9.17, 15) is 0 Å². The van der Waals surface area contributed by atoms with E-state index in [0.29, 0.717) is 12.0 Å². The summed E-state index contributed by atoms with van der Waals surface area (Å²) in [6.07, 6.45) is 1.01. The summed E-state index contributed by atoms with van der Waals surface area (Å²) in [5.74, 6) is 6.91. The first-order chi connectivity index (χ1) is 5.13. The van der Waals surface area contributed by atoms with Crippen LogP contribution in [0, 0.1) is 17.8 Å². The first kappa shape index (κ1) is 10.5. The van der Waals surface area contributed by atoms with Gasteiger partial charge in [-0.3, -0.25) is 0 Å². The van der Waals surface area contributed by atoms with Crippen molar-refractivity contribution in [2.75, 3.05) is 6.54 Å². The quantitative estimate of drug-likeness (QED) is 0.617. The van der Waals surface area contributed by atoms with E-state index in [1.807, 2.05) is 0 Å². The fourth-order valence-corrected chi connectivity index (χ4v) is 0.594. The molecule has 0 aliphatic rings. The number of hydrogen-bond donors (Lipinski definition) is 1. The molecule has 0 saturated heterocycles. The zero-order valence-electron chi connectivity index (χ0n) is 8.07. The van der Waals surface area contributed by atoms with Crippen molar-refractivity contribution >= 4 is 0 Å². The SMILES string of the molecule is CC(C)CC#CCNC(C)C.[HH]. The van der Waals surface area contributed by atoms with Gasteiger partial charge >= 0.3 is 0 Å². The second kappa shape index (κ2) is 6.24. The van der Waals surface area contributed by atoms with Gasteiger partial charge in [0.25, 0.3) is 0 Å². The topological polar surface area (TPSA) is 12.0 Å². The Bertz CT molecular complexity index is 142. The minimum absolute atomic E-state index is 0. The van der Waals surface area contributed by atoms with Gasteiger partial charge in [0.2, 0.25) is 0 Å². The predicted octanol–water partition coefficient (Wildman–Crippen LogP) is 2.28. The predicted molar refractivity (Wildman–Crippen MR) is 52.5 cm³/mol. The van der Waals surface area contributed by atoms with Crippen LogP contribution in [0.3, 0.4) is 0 Å². The van der Waals surface area contributed by atoms with Crippen molar-refractivity contribution in [1.29, 1.82) is 0 Å². The fourth-order valence-electron chi connectivity index (χ4n) is 0.594. The van der Waals surface area contributed by atoms with Crippen molar-refractivity contribution in [1.82, 2.24) is 5.32 Å². The van der Waals surface area contributed by atoms with Crippen LogP contribution in [0.25, 0.3) is 0 Å². The molecule has 0 rings (SSSR count). The maximum Gasteiger partial charge on any atom is 0.0578 e. The molecule has 0 aliphatic heterocycles. The third-order valence-corrected chi connectivity index (χ3v) is 1.23. The molecule has 0 aliphatic carbocycles. The molecule has 1 nitrogen and oxygen atoms in total. The Morgan fingerprint density at radius 2 is 1.82 bits per heavy atom. The molecule has 1 heteroatoms. The normalized spacial score (nSPS) is 10.0. The monoisotopic (exact) mass is 155 g/mol. The molecular formula is C10H21N. The van der Waals surface area contributed by atoms with E-state index in [1.54, 1.807) is 0 Å². The van der Waals surface area contributed by atoms with Crippen LogP contribution in [0.2, 0.25) is 0 Å². The van der Waals surface area contributed by atoms with Crippen LogP contribution in [-0.2, 0) is 0 Å². The van der Waals surface area contributed by atoms with Crippen LogP contribution in [-0.4, -0.2) is 12.6 Å². The molecule has 0 aromatic heterocycles. The van der Waals surface area contributed by atoms with Crippen molar-refractivity contribution in [2.45, 2.75) is 40.2 Å². The van der Waals surface area contributed by atoms with Crippen molar-refractivity contribution in [3.8, 4) is 11.8 Å². The lowest BCUT2D eigenvalue weighted by molar-refractivity contribution is 0.637. The van der Waals surface area contributed by atoms with Crippen molar-refractivity contribution in [3.05, 3.63) is 0 Å². The van der Waals surface area contributed by atoms with E-state index in [-0.39, 0.29) is 1.43 Å². The average Bonchev–Trinajstić information content (AvgIpc) is 1.85. The maximum atomic E-state index is 3.25. The Kier molecular flexibility index (Phi) is 5.97. The van der Waals surface area contributed by atoms with Gasteiger partial charge in [-0.2, -0.15) is 0 Å². The molecule has 0 bridgehead atoms.